The molecule has 0 saturated carbocycles. The molecule has 0 radical (unpaired) electrons. The molecule has 0 spiro atoms. The molecule has 1 rings (SSSR count). The van der Waals surface area contributed by atoms with Gasteiger partial charge in [-0.15, -0.1) is 0 Å². The van der Waals surface area contributed by atoms with Gasteiger partial charge >= 0.3 is 0 Å². The second kappa shape index (κ2) is 2.72. The standard InChI is InChI=1S/C7H15NOS/c1-7(2,3)8-4-6(10)5-9-8/h6,10H,4-5H2,1-3H3. The fourth-order valence-corrected chi connectivity index (χ4v) is 1.16. The molecular weight excluding hydrogens is 146 g/mol. The zero-order chi connectivity index (χ0) is 7.78. The molecule has 0 aromatic heterocycles. The lowest BCUT2D eigenvalue weighted by Crippen LogP contribution is -2.38. The van der Waals surface area contributed by atoms with Gasteiger partial charge in [0.15, 0.2) is 0 Å². The average molecular weight is 161 g/mol. The van der Waals surface area contributed by atoms with Crippen LogP contribution in [0.5, 0.6) is 0 Å². The highest BCUT2D eigenvalue weighted by Gasteiger charge is 2.29. The summed E-state index contributed by atoms with van der Waals surface area (Å²) >= 11 is 4.32. The Hall–Kier alpha value is 0.270. The van der Waals surface area contributed by atoms with Gasteiger partial charge in [-0.05, 0) is 20.8 Å². The number of hydroxylamine groups is 2. The normalized spacial score (nSPS) is 29.4. The minimum absolute atomic E-state index is 0.123. The number of rotatable bonds is 0. The van der Waals surface area contributed by atoms with E-state index in [9.17, 15) is 0 Å². The molecule has 0 bridgehead atoms. The molecule has 3 heteroatoms. The SMILES string of the molecule is CC(C)(C)N1CC(S)CO1. The lowest BCUT2D eigenvalue weighted by Gasteiger charge is -2.29. The maximum Gasteiger partial charge on any atom is 0.0814 e. The van der Waals surface area contributed by atoms with Crippen LogP contribution in [0.4, 0.5) is 0 Å². The summed E-state index contributed by atoms with van der Waals surface area (Å²) in [5.74, 6) is 0. The van der Waals surface area contributed by atoms with Gasteiger partial charge < -0.3 is 0 Å². The summed E-state index contributed by atoms with van der Waals surface area (Å²) < 4.78 is 0. The van der Waals surface area contributed by atoms with Gasteiger partial charge in [0.25, 0.3) is 0 Å². The van der Waals surface area contributed by atoms with Crippen molar-refractivity contribution in [3.05, 3.63) is 0 Å². The largest absolute Gasteiger partial charge is 0.297 e. The highest BCUT2D eigenvalue weighted by Crippen LogP contribution is 2.20. The molecule has 1 aliphatic rings. The molecule has 1 unspecified atom stereocenters. The molecular formula is C7H15NOS. The van der Waals surface area contributed by atoms with Gasteiger partial charge in [-0.1, -0.05) is 0 Å². The van der Waals surface area contributed by atoms with Gasteiger partial charge in [-0.25, -0.2) is 0 Å². The van der Waals surface area contributed by atoms with Gasteiger partial charge in [0.2, 0.25) is 0 Å². The van der Waals surface area contributed by atoms with Crippen LogP contribution >= 0.6 is 12.6 Å². The highest BCUT2D eigenvalue weighted by molar-refractivity contribution is 7.81. The van der Waals surface area contributed by atoms with Crippen LogP contribution in [0.1, 0.15) is 20.8 Å². The van der Waals surface area contributed by atoms with Crippen LogP contribution in [-0.4, -0.2) is 29.0 Å². The molecule has 0 aliphatic carbocycles. The quantitative estimate of drug-likeness (QED) is 0.538. The van der Waals surface area contributed by atoms with Crippen molar-refractivity contribution in [1.29, 1.82) is 0 Å². The third kappa shape index (κ3) is 1.87. The predicted molar refractivity (Wildman–Crippen MR) is 45.2 cm³/mol. The molecule has 1 fully saturated rings. The zero-order valence-corrected chi connectivity index (χ0v) is 7.69. The monoisotopic (exact) mass is 161 g/mol. The molecule has 0 aromatic carbocycles. The molecule has 1 saturated heterocycles. The second-order valence-electron chi connectivity index (χ2n) is 3.68. The molecule has 1 aliphatic heterocycles. The number of thiol groups is 1. The molecule has 1 heterocycles. The molecule has 2 nitrogen and oxygen atoms in total. The summed E-state index contributed by atoms with van der Waals surface area (Å²) in [6.07, 6.45) is 0. The minimum Gasteiger partial charge on any atom is -0.297 e. The average Bonchev–Trinajstić information content (AvgIpc) is 2.11. The van der Waals surface area contributed by atoms with Crippen molar-refractivity contribution in [3.8, 4) is 0 Å². The van der Waals surface area contributed by atoms with E-state index in [1.807, 2.05) is 5.06 Å². The smallest absolute Gasteiger partial charge is 0.0814 e. The van der Waals surface area contributed by atoms with E-state index in [-0.39, 0.29) is 5.54 Å². The predicted octanol–water partition coefficient (Wildman–Crippen LogP) is 1.33. The van der Waals surface area contributed by atoms with E-state index in [2.05, 4.69) is 33.4 Å². The van der Waals surface area contributed by atoms with Crippen LogP contribution in [0.2, 0.25) is 0 Å². The molecule has 0 amide bonds. The van der Waals surface area contributed by atoms with Crippen molar-refractivity contribution in [1.82, 2.24) is 5.06 Å². The summed E-state index contributed by atoms with van der Waals surface area (Å²) in [6, 6.07) is 0. The van der Waals surface area contributed by atoms with E-state index in [1.54, 1.807) is 0 Å². The zero-order valence-electron chi connectivity index (χ0n) is 6.79. The van der Waals surface area contributed by atoms with Crippen molar-refractivity contribution in [2.24, 2.45) is 0 Å². The van der Waals surface area contributed by atoms with Crippen LogP contribution in [0.3, 0.4) is 0 Å². The van der Waals surface area contributed by atoms with E-state index in [0.29, 0.717) is 5.25 Å². The topological polar surface area (TPSA) is 12.5 Å². The van der Waals surface area contributed by atoms with Crippen LogP contribution in [0, 0.1) is 0 Å². The summed E-state index contributed by atoms with van der Waals surface area (Å²) in [7, 11) is 0. The fourth-order valence-electron chi connectivity index (χ4n) is 0.940. The Kier molecular flexibility index (Phi) is 2.28. The summed E-state index contributed by atoms with van der Waals surface area (Å²) in [5.41, 5.74) is 0.123. The summed E-state index contributed by atoms with van der Waals surface area (Å²) in [5, 5.41) is 2.38. The van der Waals surface area contributed by atoms with E-state index in [4.69, 9.17) is 4.84 Å². The van der Waals surface area contributed by atoms with E-state index >= 15 is 0 Å². The van der Waals surface area contributed by atoms with Crippen molar-refractivity contribution < 1.29 is 4.84 Å². The second-order valence-corrected chi connectivity index (χ2v) is 4.41. The first-order chi connectivity index (χ1) is 4.50. The Morgan fingerprint density at radius 3 is 2.30 bits per heavy atom. The molecule has 0 N–H and O–H groups in total. The van der Waals surface area contributed by atoms with E-state index in [1.165, 1.54) is 0 Å². The third-order valence-corrected chi connectivity index (χ3v) is 1.86. The first kappa shape index (κ1) is 8.37. The Labute approximate surface area is 67.9 Å². The first-order valence-corrected chi connectivity index (χ1v) is 4.10. The van der Waals surface area contributed by atoms with E-state index in [0.717, 1.165) is 13.2 Å². The molecule has 1 atom stereocenters. The van der Waals surface area contributed by atoms with Crippen LogP contribution in [-0.2, 0) is 4.84 Å². The minimum atomic E-state index is 0.123. The van der Waals surface area contributed by atoms with Gasteiger partial charge in [-0.3, -0.25) is 4.84 Å². The number of hydrogen-bond acceptors (Lipinski definition) is 3. The van der Waals surface area contributed by atoms with Gasteiger partial charge in [0.05, 0.1) is 6.61 Å². The fraction of sp³-hybridized carbons (Fsp3) is 1.00. The number of nitrogens with zero attached hydrogens (tertiary/aromatic N) is 1. The Bertz CT molecular complexity index is 121. The Balaban J connectivity index is 2.45. The van der Waals surface area contributed by atoms with Crippen molar-refractivity contribution >= 4 is 12.6 Å². The maximum atomic E-state index is 5.39. The highest BCUT2D eigenvalue weighted by atomic mass is 32.1. The van der Waals surface area contributed by atoms with Crippen LogP contribution in [0.15, 0.2) is 0 Å². The van der Waals surface area contributed by atoms with Gasteiger partial charge in [0, 0.05) is 17.3 Å². The van der Waals surface area contributed by atoms with Crippen molar-refractivity contribution in [3.63, 3.8) is 0 Å². The summed E-state index contributed by atoms with van der Waals surface area (Å²) in [6.45, 7) is 8.10. The Morgan fingerprint density at radius 1 is 1.50 bits per heavy atom. The van der Waals surface area contributed by atoms with Gasteiger partial charge in [-0.2, -0.15) is 17.7 Å². The number of hydrogen-bond donors (Lipinski definition) is 1. The lowest BCUT2D eigenvalue weighted by atomic mass is 10.1. The van der Waals surface area contributed by atoms with Crippen LogP contribution < -0.4 is 0 Å². The Morgan fingerprint density at radius 2 is 2.10 bits per heavy atom. The van der Waals surface area contributed by atoms with Gasteiger partial charge in [0.1, 0.15) is 0 Å². The molecule has 10 heavy (non-hydrogen) atoms. The first-order valence-electron chi connectivity index (χ1n) is 3.59. The maximum absolute atomic E-state index is 5.39. The van der Waals surface area contributed by atoms with Crippen LogP contribution in [0.25, 0.3) is 0 Å². The van der Waals surface area contributed by atoms with Crippen molar-refractivity contribution in [2.75, 3.05) is 13.2 Å². The third-order valence-electron chi connectivity index (χ3n) is 1.55. The summed E-state index contributed by atoms with van der Waals surface area (Å²) in [4.78, 5) is 5.39. The molecule has 60 valence electrons. The molecule has 0 aromatic rings. The van der Waals surface area contributed by atoms with Crippen molar-refractivity contribution in [2.45, 2.75) is 31.6 Å². The van der Waals surface area contributed by atoms with E-state index < -0.39 is 0 Å². The lowest BCUT2D eigenvalue weighted by molar-refractivity contribution is -0.166.